The molecule has 3 N–H and O–H groups in total. The molecule has 1 aliphatic rings. The van der Waals surface area contributed by atoms with Crippen molar-refractivity contribution in [3.05, 3.63) is 82.8 Å². The number of halogens is 2. The maximum atomic E-state index is 13.9. The SMILES string of the molecule is Cn1nc(CS(C)(=O)=O)c2cccc(-c3ccc(C#CC4(O)COC4)nc3[C@@H](N)Cc3cc(F)cc(F)c3)c21. The Labute approximate surface area is 224 Å². The van der Waals surface area contributed by atoms with Gasteiger partial charge in [-0.05, 0) is 42.2 Å². The van der Waals surface area contributed by atoms with E-state index in [4.69, 9.17) is 15.5 Å². The number of pyridine rings is 1. The lowest BCUT2D eigenvalue weighted by Crippen LogP contribution is -2.48. The second kappa shape index (κ2) is 10.1. The van der Waals surface area contributed by atoms with Crippen LogP contribution in [-0.2, 0) is 33.8 Å². The number of hydrogen-bond donors (Lipinski definition) is 2. The van der Waals surface area contributed by atoms with E-state index >= 15 is 0 Å². The highest BCUT2D eigenvalue weighted by molar-refractivity contribution is 7.89. The number of nitrogens with two attached hydrogens (primary N) is 1. The summed E-state index contributed by atoms with van der Waals surface area (Å²) in [6.45, 7) is 0.210. The van der Waals surface area contributed by atoms with Crippen molar-refractivity contribution in [2.45, 2.75) is 23.8 Å². The van der Waals surface area contributed by atoms with Gasteiger partial charge in [0, 0.05) is 35.9 Å². The molecule has 0 unspecified atom stereocenters. The third-order valence-corrected chi connectivity index (χ3v) is 7.19. The molecule has 2 aromatic heterocycles. The van der Waals surface area contributed by atoms with Crippen LogP contribution in [0.5, 0.6) is 0 Å². The van der Waals surface area contributed by atoms with E-state index in [0.717, 1.165) is 12.3 Å². The second-order valence-corrected chi connectivity index (χ2v) is 12.0. The largest absolute Gasteiger partial charge is 0.373 e. The zero-order chi connectivity index (χ0) is 27.9. The van der Waals surface area contributed by atoms with Crippen molar-refractivity contribution in [1.82, 2.24) is 14.8 Å². The minimum atomic E-state index is -3.33. The van der Waals surface area contributed by atoms with Crippen LogP contribution in [0.1, 0.15) is 28.7 Å². The Kier molecular flexibility index (Phi) is 6.99. The zero-order valence-corrected chi connectivity index (χ0v) is 22.1. The molecule has 1 fully saturated rings. The molecule has 0 aliphatic carbocycles. The molecule has 1 aliphatic heterocycles. The lowest BCUT2D eigenvalue weighted by atomic mass is 9.94. The fraction of sp³-hybridized carbons (Fsp3) is 0.286. The Bertz CT molecular complexity index is 1730. The Balaban J connectivity index is 1.64. The van der Waals surface area contributed by atoms with E-state index in [-0.39, 0.29) is 25.4 Å². The number of ether oxygens (including phenoxy) is 1. The number of fused-ring (bicyclic) bond motifs is 1. The van der Waals surface area contributed by atoms with Gasteiger partial charge in [0.2, 0.25) is 0 Å². The van der Waals surface area contributed by atoms with Gasteiger partial charge in [-0.3, -0.25) is 4.68 Å². The Morgan fingerprint density at radius 3 is 2.51 bits per heavy atom. The van der Waals surface area contributed by atoms with Gasteiger partial charge in [-0.15, -0.1) is 0 Å². The van der Waals surface area contributed by atoms with Gasteiger partial charge in [0.15, 0.2) is 15.4 Å². The van der Waals surface area contributed by atoms with Crippen LogP contribution in [0.2, 0.25) is 0 Å². The first kappa shape index (κ1) is 26.9. The average Bonchev–Trinajstić information content (AvgIpc) is 3.14. The van der Waals surface area contributed by atoms with E-state index in [9.17, 15) is 22.3 Å². The van der Waals surface area contributed by atoms with Crippen molar-refractivity contribution in [3.63, 3.8) is 0 Å². The maximum absolute atomic E-state index is 13.9. The highest BCUT2D eigenvalue weighted by Gasteiger charge is 2.34. The highest BCUT2D eigenvalue weighted by Crippen LogP contribution is 2.35. The molecular formula is C28H26F2N4O4S. The molecule has 0 saturated carbocycles. The topological polar surface area (TPSA) is 120 Å². The number of benzene rings is 2. The highest BCUT2D eigenvalue weighted by atomic mass is 32.2. The van der Waals surface area contributed by atoms with Crippen molar-refractivity contribution in [2.24, 2.45) is 12.8 Å². The molecule has 0 spiro atoms. The van der Waals surface area contributed by atoms with Crippen LogP contribution in [0.3, 0.4) is 0 Å². The molecule has 4 aromatic rings. The van der Waals surface area contributed by atoms with E-state index in [1.807, 2.05) is 6.07 Å². The van der Waals surface area contributed by atoms with Crippen LogP contribution >= 0.6 is 0 Å². The zero-order valence-electron chi connectivity index (χ0n) is 21.3. The number of rotatable bonds is 6. The first-order valence-electron chi connectivity index (χ1n) is 12.1. The quantitative estimate of drug-likeness (QED) is 0.353. The number of para-hydroxylation sites is 1. The van der Waals surface area contributed by atoms with E-state index < -0.39 is 33.1 Å². The molecule has 2 aromatic carbocycles. The Hall–Kier alpha value is -3.69. The molecule has 202 valence electrons. The molecule has 0 radical (unpaired) electrons. The molecule has 0 amide bonds. The molecule has 1 atom stereocenters. The molecule has 11 heteroatoms. The molecule has 0 bridgehead atoms. The molecule has 1 saturated heterocycles. The molecule has 39 heavy (non-hydrogen) atoms. The van der Waals surface area contributed by atoms with E-state index in [1.54, 1.807) is 36.0 Å². The van der Waals surface area contributed by atoms with E-state index in [1.165, 1.54) is 12.1 Å². The first-order valence-corrected chi connectivity index (χ1v) is 14.1. The summed E-state index contributed by atoms with van der Waals surface area (Å²) in [7, 11) is -1.61. The molecular weight excluding hydrogens is 526 g/mol. The van der Waals surface area contributed by atoms with Crippen molar-refractivity contribution in [1.29, 1.82) is 0 Å². The van der Waals surface area contributed by atoms with Crippen LogP contribution in [0.25, 0.3) is 22.0 Å². The number of aryl methyl sites for hydroxylation is 1. The normalized spacial score (nSPS) is 15.4. The predicted octanol–water partition coefficient (Wildman–Crippen LogP) is 2.81. The van der Waals surface area contributed by atoms with Gasteiger partial charge in [0.25, 0.3) is 0 Å². The second-order valence-electron chi connectivity index (χ2n) is 9.83. The van der Waals surface area contributed by atoms with Gasteiger partial charge >= 0.3 is 0 Å². The van der Waals surface area contributed by atoms with Crippen molar-refractivity contribution >= 4 is 20.7 Å². The van der Waals surface area contributed by atoms with Gasteiger partial charge in [-0.2, -0.15) is 5.10 Å². The fourth-order valence-corrected chi connectivity index (χ4v) is 5.37. The summed E-state index contributed by atoms with van der Waals surface area (Å²) in [4.78, 5) is 4.69. The lowest BCUT2D eigenvalue weighted by Gasteiger charge is -2.30. The molecule has 3 heterocycles. The van der Waals surface area contributed by atoms with Gasteiger partial charge in [0.1, 0.15) is 17.3 Å². The number of sulfone groups is 1. The van der Waals surface area contributed by atoms with Gasteiger partial charge in [-0.25, -0.2) is 22.2 Å². The summed E-state index contributed by atoms with van der Waals surface area (Å²) >= 11 is 0. The van der Waals surface area contributed by atoms with Crippen LogP contribution in [0.15, 0.2) is 48.5 Å². The Morgan fingerprint density at radius 1 is 1.15 bits per heavy atom. The summed E-state index contributed by atoms with van der Waals surface area (Å²) in [6.07, 6.45) is 1.24. The summed E-state index contributed by atoms with van der Waals surface area (Å²) in [6, 6.07) is 11.4. The van der Waals surface area contributed by atoms with Crippen LogP contribution in [0, 0.1) is 23.5 Å². The monoisotopic (exact) mass is 552 g/mol. The van der Waals surface area contributed by atoms with E-state index in [0.29, 0.717) is 44.7 Å². The summed E-state index contributed by atoms with van der Waals surface area (Å²) in [5.41, 5.74) is 8.93. The van der Waals surface area contributed by atoms with Gasteiger partial charge in [0.05, 0.1) is 41.9 Å². The molecule has 5 rings (SSSR count). The van der Waals surface area contributed by atoms with Crippen molar-refractivity contribution < 1.29 is 27.0 Å². The van der Waals surface area contributed by atoms with Crippen LogP contribution in [0.4, 0.5) is 8.78 Å². The minimum absolute atomic E-state index is 0.0873. The third kappa shape index (κ3) is 5.84. The number of hydrogen-bond acceptors (Lipinski definition) is 7. The van der Waals surface area contributed by atoms with Crippen molar-refractivity contribution in [2.75, 3.05) is 19.5 Å². The fourth-order valence-electron chi connectivity index (χ4n) is 4.66. The van der Waals surface area contributed by atoms with Crippen molar-refractivity contribution in [3.8, 4) is 23.0 Å². The summed E-state index contributed by atoms with van der Waals surface area (Å²) in [5, 5.41) is 15.4. The van der Waals surface area contributed by atoms with Crippen LogP contribution in [-0.4, -0.2) is 53.4 Å². The minimum Gasteiger partial charge on any atom is -0.373 e. The summed E-state index contributed by atoms with van der Waals surface area (Å²) in [5.74, 6) is 4.01. The van der Waals surface area contributed by atoms with E-state index in [2.05, 4.69) is 16.9 Å². The van der Waals surface area contributed by atoms with Gasteiger partial charge in [-0.1, -0.05) is 24.1 Å². The number of nitrogens with zero attached hydrogens (tertiary/aromatic N) is 3. The maximum Gasteiger partial charge on any atom is 0.172 e. The number of aliphatic hydroxyl groups is 1. The van der Waals surface area contributed by atoms with Gasteiger partial charge < -0.3 is 15.6 Å². The lowest BCUT2D eigenvalue weighted by molar-refractivity contribution is -0.140. The number of aromatic nitrogens is 3. The standard InChI is InChI=1S/C28H26F2N4O4S/c1-34-27-22(4-3-5-23(27)25(33-34)14-39(2,36)37)21-7-6-20(8-9-28(35)15-38-16-28)32-26(21)24(31)12-17-10-18(29)13-19(30)11-17/h3-7,10-11,13,24,35H,12,14-16,31H2,1-2H3/t24-/m0/s1. The summed E-state index contributed by atoms with van der Waals surface area (Å²) < 4.78 is 58.4. The molecule has 8 nitrogen and oxygen atoms in total. The third-order valence-electron chi connectivity index (χ3n) is 6.39. The smallest absolute Gasteiger partial charge is 0.172 e. The van der Waals surface area contributed by atoms with Crippen LogP contribution < -0.4 is 5.73 Å². The first-order chi connectivity index (χ1) is 18.4. The average molecular weight is 553 g/mol. The predicted molar refractivity (Wildman–Crippen MR) is 142 cm³/mol. The Morgan fingerprint density at radius 2 is 1.87 bits per heavy atom.